The number of aryl methyl sites for hydroxylation is 1. The van der Waals surface area contributed by atoms with Crippen LogP contribution in [0.2, 0.25) is 0 Å². The summed E-state index contributed by atoms with van der Waals surface area (Å²) in [5.74, 6) is 0.895. The van der Waals surface area contributed by atoms with Gasteiger partial charge in [0.2, 0.25) is 0 Å². The first kappa shape index (κ1) is 13.0. The van der Waals surface area contributed by atoms with E-state index >= 15 is 0 Å². The number of ether oxygens (including phenoxy) is 1. The Hall–Kier alpha value is -1.06. The lowest BCUT2D eigenvalue weighted by Crippen LogP contribution is -2.19. The van der Waals surface area contributed by atoms with Gasteiger partial charge in [-0.15, -0.1) is 0 Å². The highest BCUT2D eigenvalue weighted by Crippen LogP contribution is 2.22. The van der Waals surface area contributed by atoms with Crippen molar-refractivity contribution in [3.05, 3.63) is 29.3 Å². The summed E-state index contributed by atoms with van der Waals surface area (Å²) in [5, 5.41) is 9.44. The summed E-state index contributed by atoms with van der Waals surface area (Å²) in [6.45, 7) is 5.34. The molecule has 90 valence electrons. The van der Waals surface area contributed by atoms with Gasteiger partial charge >= 0.3 is 0 Å². The zero-order valence-electron chi connectivity index (χ0n) is 10.5. The Bertz CT molecular complexity index is 335. The van der Waals surface area contributed by atoms with E-state index in [-0.39, 0.29) is 0 Å². The summed E-state index contributed by atoms with van der Waals surface area (Å²) in [4.78, 5) is 2.08. The molecule has 0 aromatic heterocycles. The number of aliphatic hydroxyl groups is 1. The molecule has 0 aliphatic heterocycles. The predicted octanol–water partition coefficient (Wildman–Crippen LogP) is 1.99. The molecule has 0 saturated heterocycles. The standard InChI is InChI=1S/C13H21NO2/c1-10-9-12(11(2)15)5-6-13(10)16-8-7-14(3)4/h5-6,9,11,15H,7-8H2,1-4H3. The number of hydrogen-bond acceptors (Lipinski definition) is 3. The first-order valence-electron chi connectivity index (χ1n) is 5.57. The predicted molar refractivity (Wildman–Crippen MR) is 65.9 cm³/mol. The van der Waals surface area contributed by atoms with Crippen LogP contribution in [0.3, 0.4) is 0 Å². The van der Waals surface area contributed by atoms with E-state index in [2.05, 4.69) is 4.90 Å². The first-order chi connectivity index (χ1) is 7.50. The molecule has 0 aliphatic carbocycles. The van der Waals surface area contributed by atoms with Crippen molar-refractivity contribution in [1.29, 1.82) is 0 Å². The van der Waals surface area contributed by atoms with Gasteiger partial charge in [-0.3, -0.25) is 0 Å². The van der Waals surface area contributed by atoms with Crippen LogP contribution in [-0.2, 0) is 0 Å². The molecule has 0 bridgehead atoms. The Balaban J connectivity index is 2.61. The van der Waals surface area contributed by atoms with Crippen molar-refractivity contribution in [3.8, 4) is 5.75 Å². The van der Waals surface area contributed by atoms with Crippen molar-refractivity contribution < 1.29 is 9.84 Å². The lowest BCUT2D eigenvalue weighted by atomic mass is 10.1. The van der Waals surface area contributed by atoms with Gasteiger partial charge in [0, 0.05) is 6.54 Å². The fourth-order valence-corrected chi connectivity index (χ4v) is 1.43. The molecule has 0 radical (unpaired) electrons. The van der Waals surface area contributed by atoms with Gasteiger partial charge in [0.15, 0.2) is 0 Å². The molecule has 0 spiro atoms. The normalized spacial score (nSPS) is 12.9. The number of aliphatic hydroxyl groups excluding tert-OH is 1. The highest BCUT2D eigenvalue weighted by Gasteiger charge is 2.05. The topological polar surface area (TPSA) is 32.7 Å². The van der Waals surface area contributed by atoms with Crippen molar-refractivity contribution in [2.45, 2.75) is 20.0 Å². The van der Waals surface area contributed by atoms with Gasteiger partial charge in [0.25, 0.3) is 0 Å². The van der Waals surface area contributed by atoms with Gasteiger partial charge in [0.05, 0.1) is 6.10 Å². The number of likely N-dealkylation sites (N-methyl/N-ethyl adjacent to an activating group) is 1. The van der Waals surface area contributed by atoms with Gasteiger partial charge in [-0.2, -0.15) is 0 Å². The molecule has 0 fully saturated rings. The maximum atomic E-state index is 9.44. The Kier molecular flexibility index (Phi) is 4.77. The third kappa shape index (κ3) is 3.83. The van der Waals surface area contributed by atoms with Crippen LogP contribution in [0.1, 0.15) is 24.2 Å². The summed E-state index contributed by atoms with van der Waals surface area (Å²) in [6.07, 6.45) is -0.422. The Morgan fingerprint density at radius 3 is 2.56 bits per heavy atom. The molecule has 16 heavy (non-hydrogen) atoms. The minimum Gasteiger partial charge on any atom is -0.492 e. The molecule has 1 aromatic carbocycles. The number of hydrogen-bond donors (Lipinski definition) is 1. The second kappa shape index (κ2) is 5.87. The van der Waals surface area contributed by atoms with Gasteiger partial charge in [-0.1, -0.05) is 6.07 Å². The smallest absolute Gasteiger partial charge is 0.122 e. The maximum absolute atomic E-state index is 9.44. The Labute approximate surface area is 97.7 Å². The molecule has 0 amide bonds. The summed E-state index contributed by atoms with van der Waals surface area (Å²) >= 11 is 0. The Morgan fingerprint density at radius 2 is 2.06 bits per heavy atom. The molecule has 1 aromatic rings. The number of nitrogens with zero attached hydrogens (tertiary/aromatic N) is 1. The third-order valence-corrected chi connectivity index (χ3v) is 2.48. The minimum absolute atomic E-state index is 0.422. The van der Waals surface area contributed by atoms with Crippen LogP contribution in [0, 0.1) is 6.92 Å². The summed E-state index contributed by atoms with van der Waals surface area (Å²) < 4.78 is 5.66. The summed E-state index contributed by atoms with van der Waals surface area (Å²) in [6, 6.07) is 5.80. The van der Waals surface area contributed by atoms with Gasteiger partial charge in [0.1, 0.15) is 12.4 Å². The number of benzene rings is 1. The molecular weight excluding hydrogens is 202 g/mol. The average molecular weight is 223 g/mol. The van der Waals surface area contributed by atoms with Gasteiger partial charge in [-0.25, -0.2) is 0 Å². The van der Waals surface area contributed by atoms with Crippen LogP contribution in [0.5, 0.6) is 5.75 Å². The molecule has 0 saturated carbocycles. The van der Waals surface area contributed by atoms with Crippen molar-refractivity contribution >= 4 is 0 Å². The van der Waals surface area contributed by atoms with Crippen molar-refractivity contribution in [3.63, 3.8) is 0 Å². The van der Waals surface area contributed by atoms with E-state index in [1.807, 2.05) is 39.2 Å². The minimum atomic E-state index is -0.422. The van der Waals surface area contributed by atoms with Crippen molar-refractivity contribution in [2.75, 3.05) is 27.2 Å². The Morgan fingerprint density at radius 1 is 1.38 bits per heavy atom. The second-order valence-electron chi connectivity index (χ2n) is 4.35. The molecule has 0 aliphatic rings. The zero-order chi connectivity index (χ0) is 12.1. The van der Waals surface area contributed by atoms with E-state index in [4.69, 9.17) is 4.74 Å². The SMILES string of the molecule is Cc1cc(C(C)O)ccc1OCCN(C)C. The van der Waals surface area contributed by atoms with Crippen molar-refractivity contribution in [2.24, 2.45) is 0 Å². The zero-order valence-corrected chi connectivity index (χ0v) is 10.5. The molecule has 1 rings (SSSR count). The fourth-order valence-electron chi connectivity index (χ4n) is 1.43. The van der Waals surface area contributed by atoms with Gasteiger partial charge < -0.3 is 14.7 Å². The van der Waals surface area contributed by atoms with Crippen molar-refractivity contribution in [1.82, 2.24) is 4.90 Å². The highest BCUT2D eigenvalue weighted by molar-refractivity contribution is 5.36. The van der Waals surface area contributed by atoms with E-state index in [0.29, 0.717) is 6.61 Å². The molecule has 1 atom stereocenters. The average Bonchev–Trinajstić information content (AvgIpc) is 2.19. The lowest BCUT2D eigenvalue weighted by Gasteiger charge is -2.14. The molecule has 1 unspecified atom stereocenters. The molecular formula is C13H21NO2. The molecule has 3 heteroatoms. The first-order valence-corrected chi connectivity index (χ1v) is 5.57. The van der Waals surface area contributed by atoms with E-state index in [1.54, 1.807) is 6.92 Å². The monoisotopic (exact) mass is 223 g/mol. The quantitative estimate of drug-likeness (QED) is 0.828. The van der Waals surface area contributed by atoms with E-state index < -0.39 is 6.10 Å². The van der Waals surface area contributed by atoms with E-state index in [0.717, 1.165) is 23.4 Å². The fraction of sp³-hybridized carbons (Fsp3) is 0.538. The van der Waals surface area contributed by atoms with Crippen LogP contribution < -0.4 is 4.74 Å². The molecule has 1 N–H and O–H groups in total. The highest BCUT2D eigenvalue weighted by atomic mass is 16.5. The second-order valence-corrected chi connectivity index (χ2v) is 4.35. The van der Waals surface area contributed by atoms with Crippen LogP contribution in [0.15, 0.2) is 18.2 Å². The third-order valence-electron chi connectivity index (χ3n) is 2.48. The molecule has 0 heterocycles. The molecule has 3 nitrogen and oxygen atoms in total. The van der Waals surface area contributed by atoms with Crippen LogP contribution >= 0.6 is 0 Å². The lowest BCUT2D eigenvalue weighted by molar-refractivity contribution is 0.199. The van der Waals surface area contributed by atoms with E-state index in [9.17, 15) is 5.11 Å². The summed E-state index contributed by atoms with van der Waals surface area (Å²) in [7, 11) is 4.04. The van der Waals surface area contributed by atoms with Crippen LogP contribution in [-0.4, -0.2) is 37.3 Å². The summed E-state index contributed by atoms with van der Waals surface area (Å²) in [5.41, 5.74) is 2.00. The largest absolute Gasteiger partial charge is 0.492 e. The van der Waals surface area contributed by atoms with Crippen LogP contribution in [0.25, 0.3) is 0 Å². The maximum Gasteiger partial charge on any atom is 0.122 e. The number of rotatable bonds is 5. The van der Waals surface area contributed by atoms with Gasteiger partial charge in [-0.05, 0) is 51.2 Å². The van der Waals surface area contributed by atoms with Crippen LogP contribution in [0.4, 0.5) is 0 Å². The van der Waals surface area contributed by atoms with E-state index in [1.165, 1.54) is 0 Å².